The summed E-state index contributed by atoms with van der Waals surface area (Å²) in [6.07, 6.45) is -4.83. The summed E-state index contributed by atoms with van der Waals surface area (Å²) in [7, 11) is 0. The van der Waals surface area contributed by atoms with Gasteiger partial charge in [-0.25, -0.2) is 4.79 Å². The molecule has 3 aliphatic heterocycles. The van der Waals surface area contributed by atoms with Gasteiger partial charge in [0.2, 0.25) is 0 Å². The Morgan fingerprint density at radius 1 is 1.05 bits per heavy atom. The Morgan fingerprint density at radius 2 is 1.74 bits per heavy atom. The molecular weight excluding hydrogens is 549 g/mol. The predicted molar refractivity (Wildman–Crippen MR) is 138 cm³/mol. The largest absolute Gasteiger partial charge is 0.461 e. The van der Waals surface area contributed by atoms with Crippen LogP contribution in [0.2, 0.25) is 10.0 Å². The van der Waals surface area contributed by atoms with E-state index in [1.54, 1.807) is 39.0 Å². The van der Waals surface area contributed by atoms with E-state index in [9.17, 15) is 24.3 Å². The van der Waals surface area contributed by atoms with Gasteiger partial charge in [-0.1, -0.05) is 62.2 Å². The van der Waals surface area contributed by atoms with Crippen LogP contribution in [-0.4, -0.2) is 53.0 Å². The summed E-state index contributed by atoms with van der Waals surface area (Å²) in [5.74, 6) is -3.04. The first kappa shape index (κ1) is 26.1. The number of nitrogens with zero attached hydrogens (tertiary/aromatic N) is 1. The predicted octanol–water partition coefficient (Wildman–Crippen LogP) is 3.92. The molecule has 39 heavy (non-hydrogen) atoms. The summed E-state index contributed by atoms with van der Waals surface area (Å²) in [5, 5.41) is 13.0. The van der Waals surface area contributed by atoms with Crippen molar-refractivity contribution < 1.29 is 38.5 Å². The summed E-state index contributed by atoms with van der Waals surface area (Å²) < 4.78 is 17.5. The fourth-order valence-electron chi connectivity index (χ4n) is 7.16. The lowest BCUT2D eigenvalue weighted by Gasteiger charge is -2.51. The number of hydrogen-bond donors (Lipinski definition) is 1. The number of aliphatic hydroxyl groups is 1. The summed E-state index contributed by atoms with van der Waals surface area (Å²) in [5.41, 5.74) is -6.16. The number of benzene rings is 2. The number of hydrogen-bond acceptors (Lipinski definition) is 8. The van der Waals surface area contributed by atoms with Gasteiger partial charge in [0, 0.05) is 12.1 Å². The molecule has 1 amide bonds. The van der Waals surface area contributed by atoms with Crippen LogP contribution in [0.1, 0.15) is 44.0 Å². The van der Waals surface area contributed by atoms with E-state index in [0.717, 1.165) is 0 Å². The van der Waals surface area contributed by atoms with E-state index in [1.807, 2.05) is 0 Å². The van der Waals surface area contributed by atoms with Crippen LogP contribution in [0.3, 0.4) is 0 Å². The second kappa shape index (κ2) is 8.19. The molecule has 0 aromatic heterocycles. The van der Waals surface area contributed by atoms with Gasteiger partial charge in [0.15, 0.2) is 12.3 Å². The third-order valence-electron chi connectivity index (χ3n) is 8.89. The Bertz CT molecular complexity index is 1440. The van der Waals surface area contributed by atoms with Crippen molar-refractivity contribution in [2.24, 2.45) is 16.2 Å². The number of amides is 1. The lowest BCUT2D eigenvalue weighted by molar-refractivity contribution is -0.204. The van der Waals surface area contributed by atoms with Crippen molar-refractivity contribution in [3.8, 4) is 0 Å². The van der Waals surface area contributed by atoms with E-state index < -0.39 is 70.5 Å². The normalized spacial score (nSPS) is 34.9. The standard InChI is InChI=1S/C28H25Cl2NO8/c1-25(2,3)27(36)12-18-26(13-19(32)37-18)24(35)39-23-28(26,27)20(38-22(34)14-7-5-4-6-8-14)21(33)31(23)15-9-10-16(29)17(30)11-15/h4-11,18,20,23,36H,12-13H2,1-3H3/t18-,20-,23-,26-,27+,28?/m0/s1. The SMILES string of the molecule is CC(C)(C)[C@]1(O)C[C@@H]2OC(=O)C[C@@]23C(=O)O[C@@H]2N(c4ccc(Cl)c(Cl)c4)C(=O)[C@H](OC(=O)c4ccccc4)C213. The number of carbonyl (C=O) groups is 4. The molecule has 6 rings (SSSR count). The molecule has 2 aromatic carbocycles. The molecule has 1 aliphatic carbocycles. The molecular formula is C28H25Cl2NO8. The highest BCUT2D eigenvalue weighted by molar-refractivity contribution is 6.42. The molecule has 11 heteroatoms. The second-order valence-corrected chi connectivity index (χ2v) is 12.3. The minimum absolute atomic E-state index is 0.134. The van der Waals surface area contributed by atoms with E-state index in [-0.39, 0.29) is 27.7 Å². The molecule has 3 heterocycles. The Kier molecular flexibility index (Phi) is 5.48. The van der Waals surface area contributed by atoms with Crippen molar-refractivity contribution in [1.29, 1.82) is 0 Å². The number of ether oxygens (including phenoxy) is 3. The van der Waals surface area contributed by atoms with Crippen LogP contribution < -0.4 is 4.90 Å². The lowest BCUT2D eigenvalue weighted by Crippen LogP contribution is -2.66. The first-order chi connectivity index (χ1) is 18.3. The van der Waals surface area contributed by atoms with Crippen molar-refractivity contribution in [3.63, 3.8) is 0 Å². The third kappa shape index (κ3) is 3.06. The molecule has 1 saturated carbocycles. The van der Waals surface area contributed by atoms with Crippen LogP contribution in [0.15, 0.2) is 48.5 Å². The van der Waals surface area contributed by atoms with Gasteiger partial charge in [-0.15, -0.1) is 0 Å². The zero-order chi connectivity index (χ0) is 28.1. The summed E-state index contributed by atoms with van der Waals surface area (Å²) in [6.45, 7) is 5.25. The molecule has 3 saturated heterocycles. The summed E-state index contributed by atoms with van der Waals surface area (Å²) in [6, 6.07) is 12.5. The van der Waals surface area contributed by atoms with Gasteiger partial charge in [-0.3, -0.25) is 19.3 Å². The van der Waals surface area contributed by atoms with Crippen molar-refractivity contribution in [3.05, 3.63) is 64.1 Å². The van der Waals surface area contributed by atoms with Crippen LogP contribution in [0.25, 0.3) is 0 Å². The maximum Gasteiger partial charge on any atom is 0.338 e. The van der Waals surface area contributed by atoms with Gasteiger partial charge < -0.3 is 19.3 Å². The molecule has 4 aliphatic rings. The van der Waals surface area contributed by atoms with Crippen molar-refractivity contribution in [1.82, 2.24) is 0 Å². The Balaban J connectivity index is 1.62. The Morgan fingerprint density at radius 3 is 2.38 bits per heavy atom. The highest BCUT2D eigenvalue weighted by atomic mass is 35.5. The molecule has 6 atom stereocenters. The highest BCUT2D eigenvalue weighted by Crippen LogP contribution is 2.76. The zero-order valence-corrected chi connectivity index (χ0v) is 22.8. The number of rotatable bonds is 3. The first-order valence-corrected chi connectivity index (χ1v) is 13.2. The van der Waals surface area contributed by atoms with Crippen LogP contribution in [0.4, 0.5) is 5.69 Å². The van der Waals surface area contributed by atoms with Gasteiger partial charge in [-0.2, -0.15) is 0 Å². The van der Waals surface area contributed by atoms with E-state index in [0.29, 0.717) is 0 Å². The lowest BCUT2D eigenvalue weighted by atomic mass is 9.52. The van der Waals surface area contributed by atoms with E-state index in [4.69, 9.17) is 37.4 Å². The van der Waals surface area contributed by atoms with E-state index in [2.05, 4.69) is 0 Å². The van der Waals surface area contributed by atoms with Gasteiger partial charge in [-0.05, 0) is 35.7 Å². The maximum absolute atomic E-state index is 14.4. The number of anilines is 1. The molecule has 2 spiro atoms. The fraction of sp³-hybridized carbons (Fsp3) is 0.429. The van der Waals surface area contributed by atoms with Gasteiger partial charge in [0.05, 0.1) is 27.6 Å². The number of esters is 3. The van der Waals surface area contributed by atoms with Crippen LogP contribution in [0, 0.1) is 16.2 Å². The van der Waals surface area contributed by atoms with Crippen LogP contribution >= 0.6 is 23.2 Å². The number of carbonyl (C=O) groups excluding carboxylic acids is 4. The minimum Gasteiger partial charge on any atom is -0.461 e. The highest BCUT2D eigenvalue weighted by Gasteiger charge is 2.93. The molecule has 204 valence electrons. The van der Waals surface area contributed by atoms with Crippen molar-refractivity contribution >= 4 is 52.7 Å². The fourth-order valence-corrected chi connectivity index (χ4v) is 7.46. The Hall–Kier alpha value is -3.14. The monoisotopic (exact) mass is 573 g/mol. The van der Waals surface area contributed by atoms with E-state index in [1.165, 1.54) is 35.2 Å². The molecule has 0 radical (unpaired) electrons. The van der Waals surface area contributed by atoms with E-state index >= 15 is 0 Å². The molecule has 9 nitrogen and oxygen atoms in total. The zero-order valence-electron chi connectivity index (χ0n) is 21.3. The molecule has 2 aromatic rings. The average Bonchev–Trinajstić information content (AvgIpc) is 3.48. The van der Waals surface area contributed by atoms with Crippen molar-refractivity contribution in [2.45, 2.75) is 57.6 Å². The van der Waals surface area contributed by atoms with Crippen molar-refractivity contribution in [2.75, 3.05) is 4.90 Å². The first-order valence-electron chi connectivity index (χ1n) is 12.5. The van der Waals surface area contributed by atoms with Gasteiger partial charge >= 0.3 is 17.9 Å². The summed E-state index contributed by atoms with van der Waals surface area (Å²) >= 11 is 12.4. The Labute approximate surface area is 233 Å². The van der Waals surface area contributed by atoms with Gasteiger partial charge in [0.1, 0.15) is 16.9 Å². The topological polar surface area (TPSA) is 119 Å². The molecule has 4 fully saturated rings. The molecule has 1 N–H and O–H groups in total. The third-order valence-corrected chi connectivity index (χ3v) is 9.63. The van der Waals surface area contributed by atoms with Gasteiger partial charge in [0.25, 0.3) is 5.91 Å². The van der Waals surface area contributed by atoms with Crippen LogP contribution in [0.5, 0.6) is 0 Å². The molecule has 1 unspecified atom stereocenters. The average molecular weight is 574 g/mol. The minimum atomic E-state index is -1.90. The maximum atomic E-state index is 14.4. The second-order valence-electron chi connectivity index (χ2n) is 11.5. The smallest absolute Gasteiger partial charge is 0.338 e. The quantitative estimate of drug-likeness (QED) is 0.433. The summed E-state index contributed by atoms with van der Waals surface area (Å²) in [4.78, 5) is 55.5. The molecule has 0 bridgehead atoms. The number of halogens is 2. The van der Waals surface area contributed by atoms with Crippen LogP contribution in [-0.2, 0) is 28.6 Å².